The Morgan fingerprint density at radius 2 is 2.00 bits per heavy atom. The second-order valence-corrected chi connectivity index (χ2v) is 3.84. The lowest BCUT2D eigenvalue weighted by Crippen LogP contribution is -2.11. The van der Waals surface area contributed by atoms with Crippen LogP contribution >= 0.6 is 23.2 Å². The minimum Gasteiger partial charge on any atom is -0.299 e. The minimum atomic E-state index is -0.779. The summed E-state index contributed by atoms with van der Waals surface area (Å²) >= 11 is 11.4. The van der Waals surface area contributed by atoms with Gasteiger partial charge >= 0.3 is 5.97 Å². The summed E-state index contributed by atoms with van der Waals surface area (Å²) in [5.41, 5.74) is 0. The first-order chi connectivity index (χ1) is 7.49. The molecule has 0 saturated carbocycles. The van der Waals surface area contributed by atoms with Crippen molar-refractivity contribution in [1.29, 1.82) is 0 Å². The standard InChI is InChI=1S/C10H8Cl2O4/c1-6(13)4-10(14)16-15-9-3-2-7(11)5-8(9)12/h2-3,5H,4H2,1H3. The Hall–Kier alpha value is -1.26. The second-order valence-electron chi connectivity index (χ2n) is 2.99. The van der Waals surface area contributed by atoms with Gasteiger partial charge in [0.2, 0.25) is 0 Å². The SMILES string of the molecule is CC(=O)CC(=O)OOc1ccc(Cl)cc1Cl. The van der Waals surface area contributed by atoms with Gasteiger partial charge in [0.1, 0.15) is 12.2 Å². The monoisotopic (exact) mass is 262 g/mol. The van der Waals surface area contributed by atoms with Gasteiger partial charge in [0, 0.05) is 5.02 Å². The number of carbonyl (C=O) groups is 2. The van der Waals surface area contributed by atoms with E-state index in [0.29, 0.717) is 5.02 Å². The number of rotatable bonds is 4. The summed E-state index contributed by atoms with van der Waals surface area (Å²) in [7, 11) is 0. The van der Waals surface area contributed by atoms with E-state index in [-0.39, 0.29) is 23.0 Å². The number of hydrogen-bond donors (Lipinski definition) is 0. The van der Waals surface area contributed by atoms with Crippen LogP contribution in [0.2, 0.25) is 10.0 Å². The molecule has 0 aliphatic heterocycles. The minimum absolute atomic E-state index is 0.156. The van der Waals surface area contributed by atoms with Crippen LogP contribution in [0.1, 0.15) is 13.3 Å². The van der Waals surface area contributed by atoms with Crippen LogP contribution in [-0.2, 0) is 14.5 Å². The molecule has 0 aliphatic carbocycles. The van der Waals surface area contributed by atoms with Crippen LogP contribution in [0.15, 0.2) is 18.2 Å². The molecule has 0 saturated heterocycles. The zero-order valence-electron chi connectivity index (χ0n) is 8.33. The normalized spacial score (nSPS) is 9.69. The lowest BCUT2D eigenvalue weighted by molar-refractivity contribution is -0.213. The molecule has 0 amide bonds. The molecule has 0 aromatic heterocycles. The average molecular weight is 263 g/mol. The first-order valence-corrected chi connectivity index (χ1v) is 5.06. The van der Waals surface area contributed by atoms with E-state index in [1.54, 1.807) is 0 Å². The van der Waals surface area contributed by atoms with Crippen LogP contribution in [0.5, 0.6) is 5.75 Å². The van der Waals surface area contributed by atoms with Gasteiger partial charge in [-0.2, -0.15) is 0 Å². The highest BCUT2D eigenvalue weighted by atomic mass is 35.5. The lowest BCUT2D eigenvalue weighted by atomic mass is 10.3. The molecule has 1 aromatic rings. The number of ketones is 1. The van der Waals surface area contributed by atoms with Crippen molar-refractivity contribution in [1.82, 2.24) is 0 Å². The van der Waals surface area contributed by atoms with E-state index in [0.717, 1.165) is 0 Å². The summed E-state index contributed by atoms with van der Waals surface area (Å²) in [4.78, 5) is 30.6. The van der Waals surface area contributed by atoms with Gasteiger partial charge in [0.15, 0.2) is 5.75 Å². The first-order valence-electron chi connectivity index (χ1n) is 4.31. The molecular weight excluding hydrogens is 255 g/mol. The summed E-state index contributed by atoms with van der Waals surface area (Å²) in [5.74, 6) is -0.933. The fraction of sp³-hybridized carbons (Fsp3) is 0.200. The van der Waals surface area contributed by atoms with Crippen molar-refractivity contribution < 1.29 is 19.4 Å². The van der Waals surface area contributed by atoms with Crippen LogP contribution in [-0.4, -0.2) is 11.8 Å². The van der Waals surface area contributed by atoms with Crippen molar-refractivity contribution in [2.45, 2.75) is 13.3 Å². The molecule has 1 aromatic carbocycles. The fourth-order valence-corrected chi connectivity index (χ4v) is 1.31. The van der Waals surface area contributed by atoms with Gasteiger partial charge in [-0.1, -0.05) is 23.2 Å². The van der Waals surface area contributed by atoms with Crippen molar-refractivity contribution >= 4 is 35.0 Å². The molecule has 0 spiro atoms. The van der Waals surface area contributed by atoms with Gasteiger partial charge in [-0.25, -0.2) is 9.68 Å². The largest absolute Gasteiger partial charge is 0.362 e. The smallest absolute Gasteiger partial charge is 0.299 e. The Kier molecular flexibility index (Phi) is 4.58. The van der Waals surface area contributed by atoms with Crippen LogP contribution in [0, 0.1) is 0 Å². The van der Waals surface area contributed by atoms with Gasteiger partial charge in [-0.15, -0.1) is 0 Å². The quantitative estimate of drug-likeness (QED) is 0.476. The van der Waals surface area contributed by atoms with Crippen molar-refractivity contribution in [3.05, 3.63) is 28.2 Å². The van der Waals surface area contributed by atoms with Crippen LogP contribution in [0.4, 0.5) is 0 Å². The van der Waals surface area contributed by atoms with E-state index in [9.17, 15) is 9.59 Å². The Morgan fingerprint density at radius 1 is 1.31 bits per heavy atom. The lowest BCUT2D eigenvalue weighted by Gasteiger charge is -2.05. The molecule has 0 atom stereocenters. The molecule has 0 aliphatic rings. The molecule has 86 valence electrons. The van der Waals surface area contributed by atoms with Crippen molar-refractivity contribution in [2.24, 2.45) is 0 Å². The first kappa shape index (κ1) is 12.8. The Balaban J connectivity index is 2.54. The summed E-state index contributed by atoms with van der Waals surface area (Å²) in [6, 6.07) is 4.42. The highest BCUT2D eigenvalue weighted by Gasteiger charge is 2.10. The predicted molar refractivity (Wildman–Crippen MR) is 58.5 cm³/mol. The van der Waals surface area contributed by atoms with Gasteiger partial charge in [0.05, 0.1) is 5.02 Å². The third kappa shape index (κ3) is 4.08. The molecule has 1 rings (SSSR count). The van der Waals surface area contributed by atoms with Gasteiger partial charge < -0.3 is 0 Å². The van der Waals surface area contributed by atoms with E-state index >= 15 is 0 Å². The average Bonchev–Trinajstić information content (AvgIpc) is 2.15. The maximum absolute atomic E-state index is 11.0. The zero-order chi connectivity index (χ0) is 12.1. The number of Topliss-reactive ketones (excluding diaryl/α,β-unsaturated/α-hetero) is 1. The van der Waals surface area contributed by atoms with Crippen LogP contribution in [0.25, 0.3) is 0 Å². The third-order valence-electron chi connectivity index (χ3n) is 1.51. The number of hydrogen-bond acceptors (Lipinski definition) is 4. The summed E-state index contributed by atoms with van der Waals surface area (Å²) in [6.07, 6.45) is -0.342. The van der Waals surface area contributed by atoms with E-state index in [2.05, 4.69) is 9.78 Å². The summed E-state index contributed by atoms with van der Waals surface area (Å²) in [5, 5.41) is 0.649. The molecule has 4 nitrogen and oxygen atoms in total. The molecular formula is C10H8Cl2O4. The molecule has 0 radical (unpaired) electrons. The molecule has 0 unspecified atom stereocenters. The number of benzene rings is 1. The van der Waals surface area contributed by atoms with Gasteiger partial charge in [-0.3, -0.25) is 9.68 Å². The summed E-state index contributed by atoms with van der Waals surface area (Å²) in [6.45, 7) is 1.27. The molecule has 0 N–H and O–H groups in total. The third-order valence-corrected chi connectivity index (χ3v) is 2.04. The highest BCUT2D eigenvalue weighted by molar-refractivity contribution is 6.35. The maximum atomic E-state index is 11.0. The van der Waals surface area contributed by atoms with Crippen LogP contribution in [0.3, 0.4) is 0 Å². The summed E-state index contributed by atoms with van der Waals surface area (Å²) < 4.78 is 0. The van der Waals surface area contributed by atoms with Crippen LogP contribution < -0.4 is 4.89 Å². The number of halogens is 2. The maximum Gasteiger partial charge on any atom is 0.362 e. The van der Waals surface area contributed by atoms with Gasteiger partial charge in [0.25, 0.3) is 0 Å². The molecule has 0 fully saturated rings. The Bertz CT molecular complexity index is 417. The highest BCUT2D eigenvalue weighted by Crippen LogP contribution is 2.27. The predicted octanol–water partition coefficient (Wildman–Crippen LogP) is 2.81. The molecule has 0 bridgehead atoms. The molecule has 16 heavy (non-hydrogen) atoms. The Labute approximate surface area is 102 Å². The van der Waals surface area contributed by atoms with Crippen molar-refractivity contribution in [3.8, 4) is 5.75 Å². The molecule has 0 heterocycles. The molecule has 6 heteroatoms. The second kappa shape index (κ2) is 5.72. The Morgan fingerprint density at radius 3 is 2.56 bits per heavy atom. The topological polar surface area (TPSA) is 52.6 Å². The fourth-order valence-electron chi connectivity index (χ4n) is 0.867. The number of carbonyl (C=O) groups excluding carboxylic acids is 2. The van der Waals surface area contributed by atoms with E-state index in [4.69, 9.17) is 23.2 Å². The van der Waals surface area contributed by atoms with Gasteiger partial charge in [-0.05, 0) is 25.1 Å². The van der Waals surface area contributed by atoms with Crippen molar-refractivity contribution in [3.63, 3.8) is 0 Å². The van der Waals surface area contributed by atoms with E-state index in [1.165, 1.54) is 25.1 Å². The van der Waals surface area contributed by atoms with E-state index < -0.39 is 5.97 Å². The zero-order valence-corrected chi connectivity index (χ0v) is 9.84. The van der Waals surface area contributed by atoms with Crippen molar-refractivity contribution in [2.75, 3.05) is 0 Å². The van der Waals surface area contributed by atoms with E-state index in [1.807, 2.05) is 0 Å².